The zero-order valence-corrected chi connectivity index (χ0v) is 34.0. The van der Waals surface area contributed by atoms with Crippen LogP contribution in [-0.4, -0.2) is 59.1 Å². The van der Waals surface area contributed by atoms with Crippen molar-refractivity contribution in [2.45, 2.75) is 6.29 Å². The monoisotopic (exact) mass is 857 g/mol. The van der Waals surface area contributed by atoms with E-state index in [9.17, 15) is 0 Å². The van der Waals surface area contributed by atoms with E-state index in [-0.39, 0.29) is 52.9 Å². The number of rotatable bonds is 4. The third-order valence-corrected chi connectivity index (χ3v) is 7.06. The van der Waals surface area contributed by atoms with Gasteiger partial charge in [0.15, 0.2) is 6.29 Å². The number of ether oxygens (including phenoxy) is 2. The minimum Gasteiger partial charge on any atom is -0.857 e. The molecule has 50 heavy (non-hydrogen) atoms. The number of hydrogen-bond donors (Lipinski definition) is 2. The zero-order valence-electron chi connectivity index (χ0n) is 27.9. The van der Waals surface area contributed by atoms with Gasteiger partial charge < -0.3 is 37.1 Å². The van der Waals surface area contributed by atoms with Crippen molar-refractivity contribution in [3.8, 4) is 11.4 Å². The van der Waals surface area contributed by atoms with Crippen LogP contribution in [0.4, 0.5) is 0 Å². The number of nitrogens with one attached hydrogen (secondary N) is 1. The fraction of sp³-hybridized carbons (Fsp3) is 0.139. The summed E-state index contributed by atoms with van der Waals surface area (Å²) in [5, 5.41) is 18.0. The molecule has 4 aromatic heterocycles. The number of methoxy groups -OCH3 is 2. The van der Waals surface area contributed by atoms with Gasteiger partial charge in [-0.1, -0.05) is 54.6 Å². The molecule has 0 aliphatic carbocycles. The van der Waals surface area contributed by atoms with Crippen molar-refractivity contribution in [2.75, 3.05) is 27.9 Å². The van der Waals surface area contributed by atoms with E-state index in [1.807, 2.05) is 91.5 Å². The number of nitrogens with two attached hydrogens (primary N) is 1. The van der Waals surface area contributed by atoms with Gasteiger partial charge in [-0.3, -0.25) is 15.0 Å². The van der Waals surface area contributed by atoms with Crippen molar-refractivity contribution in [1.29, 1.82) is 5.26 Å². The standard InChI is InChI=1S/C12H9N3.2C9H6BrN.C4H11NO2.CN.CH3O.Cu.Na/c1-2-4-11-9(3-1)7-10(8-15-11)12-13-5-6-14-12;2*10-8-5-7-3-1-2-4-9(7)11-6-8;1-6-4(3-5)7-2;2*1-2;;/h1-8H,(H,13,14);2*1-6H;4H,3,5H2,1-2H3;;1H3;;/q;;;;2*-1;2*+1. The first-order chi connectivity index (χ1) is 23.5. The van der Waals surface area contributed by atoms with Crippen LogP contribution in [0.2, 0.25) is 0 Å². The number of benzene rings is 3. The van der Waals surface area contributed by atoms with Crippen molar-refractivity contribution in [1.82, 2.24) is 24.9 Å². The van der Waals surface area contributed by atoms with Gasteiger partial charge in [0.25, 0.3) is 0 Å². The second-order valence-corrected chi connectivity index (χ2v) is 11.0. The molecule has 0 spiro atoms. The van der Waals surface area contributed by atoms with Gasteiger partial charge in [-0.25, -0.2) is 4.98 Å². The summed E-state index contributed by atoms with van der Waals surface area (Å²) in [7, 11) is 3.86. The molecule has 0 saturated heterocycles. The van der Waals surface area contributed by atoms with Gasteiger partial charge in [0.2, 0.25) is 0 Å². The first-order valence-corrected chi connectivity index (χ1v) is 15.8. The molecule has 0 aliphatic rings. The molecule has 10 nitrogen and oxygen atoms in total. The van der Waals surface area contributed by atoms with Crippen LogP contribution in [0.3, 0.4) is 0 Å². The predicted octanol–water partition coefficient (Wildman–Crippen LogP) is 4.26. The topological polar surface area (TPSA) is 159 Å². The summed E-state index contributed by atoms with van der Waals surface area (Å²) in [4.78, 5) is 20.1. The van der Waals surface area contributed by atoms with Crippen LogP contribution < -0.4 is 40.4 Å². The third-order valence-electron chi connectivity index (χ3n) is 6.19. The maximum absolute atomic E-state index is 8.25. The third kappa shape index (κ3) is 15.9. The molecule has 4 heterocycles. The van der Waals surface area contributed by atoms with E-state index in [4.69, 9.17) is 32.1 Å². The Bertz CT molecular complexity index is 1870. The Labute approximate surface area is 341 Å². The first-order valence-electron chi connectivity index (χ1n) is 14.2. The Hall–Kier alpha value is -3.09. The number of halogens is 2. The van der Waals surface area contributed by atoms with Gasteiger partial charge in [0, 0.05) is 82.4 Å². The average Bonchev–Trinajstić information content (AvgIpc) is 3.70. The Morgan fingerprint density at radius 1 is 0.720 bits per heavy atom. The van der Waals surface area contributed by atoms with E-state index in [1.54, 1.807) is 20.4 Å². The smallest absolute Gasteiger partial charge is 0.857 e. The van der Waals surface area contributed by atoms with Gasteiger partial charge in [-0.05, 0) is 68.3 Å². The van der Waals surface area contributed by atoms with Gasteiger partial charge in [0.1, 0.15) is 5.82 Å². The largest absolute Gasteiger partial charge is 1.00 e. The van der Waals surface area contributed by atoms with Crippen LogP contribution in [0.5, 0.6) is 0 Å². The van der Waals surface area contributed by atoms with E-state index >= 15 is 0 Å². The molecule has 0 saturated carbocycles. The molecule has 0 aliphatic heterocycles. The molecule has 0 bridgehead atoms. The molecule has 14 heteroatoms. The molecule has 7 aromatic rings. The Balaban J connectivity index is 0.000000628. The summed E-state index contributed by atoms with van der Waals surface area (Å²) in [6.45, 7) is 5.16. The molecular formula is C36H35Br2CuN7NaO3. The van der Waals surface area contributed by atoms with Crippen LogP contribution in [0, 0.1) is 11.8 Å². The van der Waals surface area contributed by atoms with Crippen molar-refractivity contribution in [3.05, 3.63) is 137 Å². The normalized spacial score (nSPS) is 9.32. The number of pyridine rings is 3. The molecule has 0 radical (unpaired) electrons. The van der Waals surface area contributed by atoms with E-state index in [1.165, 1.54) is 10.8 Å². The van der Waals surface area contributed by atoms with Crippen LogP contribution in [-0.2, 0) is 26.5 Å². The van der Waals surface area contributed by atoms with Crippen molar-refractivity contribution >= 4 is 64.6 Å². The molecule has 0 amide bonds. The van der Waals surface area contributed by atoms with Crippen LogP contribution in [0.25, 0.3) is 44.1 Å². The quantitative estimate of drug-likeness (QED) is 0.150. The molecule has 7 rings (SSSR count). The molecule has 0 unspecified atom stereocenters. The van der Waals surface area contributed by atoms with E-state index < -0.39 is 0 Å². The van der Waals surface area contributed by atoms with Crippen LogP contribution in [0.1, 0.15) is 0 Å². The van der Waals surface area contributed by atoms with Crippen LogP contribution >= 0.6 is 31.9 Å². The van der Waals surface area contributed by atoms with E-state index in [2.05, 4.69) is 81.0 Å². The number of hydrogen-bond acceptors (Lipinski definition) is 9. The Morgan fingerprint density at radius 3 is 1.48 bits per heavy atom. The summed E-state index contributed by atoms with van der Waals surface area (Å²) in [5.41, 5.74) is 9.24. The van der Waals surface area contributed by atoms with Crippen LogP contribution in [0.15, 0.2) is 131 Å². The Morgan fingerprint density at radius 2 is 1.12 bits per heavy atom. The first kappa shape index (κ1) is 46.9. The van der Waals surface area contributed by atoms with Crippen molar-refractivity contribution in [3.63, 3.8) is 0 Å². The molecule has 258 valence electrons. The molecule has 3 aromatic carbocycles. The minimum absolute atomic E-state index is 0. The molecule has 0 fully saturated rings. The summed E-state index contributed by atoms with van der Waals surface area (Å²) in [6.07, 6.45) is 8.76. The second-order valence-electron chi connectivity index (χ2n) is 9.18. The maximum atomic E-state index is 8.25. The average molecular weight is 860 g/mol. The predicted molar refractivity (Wildman–Crippen MR) is 196 cm³/mol. The van der Waals surface area contributed by atoms with Gasteiger partial charge in [-0.15, -0.1) is 0 Å². The number of aromatic nitrogens is 5. The molecule has 3 N–H and O–H groups in total. The molecule has 0 atom stereocenters. The second kappa shape index (κ2) is 27.6. The van der Waals surface area contributed by atoms with Crippen molar-refractivity contribution in [2.24, 2.45) is 5.73 Å². The van der Waals surface area contributed by atoms with Crippen molar-refractivity contribution < 1.29 is 61.2 Å². The number of aromatic amines is 1. The number of H-pyrrole nitrogens is 1. The fourth-order valence-corrected chi connectivity index (χ4v) is 4.70. The summed E-state index contributed by atoms with van der Waals surface area (Å²) in [6, 6.07) is 30.4. The minimum atomic E-state index is -0.236. The summed E-state index contributed by atoms with van der Waals surface area (Å²) >= 11 is 6.74. The van der Waals surface area contributed by atoms with Gasteiger partial charge in [0.05, 0.1) is 16.6 Å². The molecular weight excluding hydrogens is 825 g/mol. The Kier molecular flexibility index (Phi) is 25.9. The summed E-state index contributed by atoms with van der Waals surface area (Å²) in [5.74, 6) is 0.855. The van der Waals surface area contributed by atoms with Gasteiger partial charge >= 0.3 is 46.6 Å². The zero-order chi connectivity index (χ0) is 35.1. The van der Waals surface area contributed by atoms with E-state index in [0.717, 1.165) is 49.4 Å². The maximum Gasteiger partial charge on any atom is 1.00 e. The fourth-order valence-electron chi connectivity index (χ4n) is 4.00. The van der Waals surface area contributed by atoms with E-state index in [0.29, 0.717) is 6.54 Å². The summed E-state index contributed by atoms with van der Waals surface area (Å²) < 4.78 is 11.5. The SMILES string of the molecule is Brc1cnc2ccccc2c1.Brc1cnc2ccccc2c1.COC(CN)OC.C[O-].[C-]#N.[Cu+].[Na+].c1ccc2ncc(-c3ncc[nH]3)cc2c1. The number of imidazole rings is 1. The number of nitrogens with zero attached hydrogens (tertiary/aromatic N) is 5. The van der Waals surface area contributed by atoms with Gasteiger partial charge in [-0.2, -0.15) is 7.11 Å². The number of para-hydroxylation sites is 3. The number of fused-ring (bicyclic) bond motifs is 3.